The summed E-state index contributed by atoms with van der Waals surface area (Å²) in [6.07, 6.45) is 3.30. The monoisotopic (exact) mass is 674 g/mol. The van der Waals surface area contributed by atoms with Crippen LogP contribution in [-0.4, -0.2) is 37.0 Å². The summed E-state index contributed by atoms with van der Waals surface area (Å²) in [4.78, 5) is 32.5. The Kier molecular flexibility index (Phi) is 9.52. The molecule has 0 spiro atoms. The fourth-order valence-electron chi connectivity index (χ4n) is 4.44. The molecule has 1 aliphatic rings. The minimum atomic E-state index is -0.783. The molecule has 0 unspecified atom stereocenters. The van der Waals surface area contributed by atoms with Crippen LogP contribution in [0.5, 0.6) is 17.2 Å². The molecule has 4 rings (SSSR count). The van der Waals surface area contributed by atoms with Gasteiger partial charge in [-0.25, -0.2) is 9.79 Å². The van der Waals surface area contributed by atoms with E-state index in [9.17, 15) is 9.59 Å². The number of esters is 1. The van der Waals surface area contributed by atoms with Gasteiger partial charge in [-0.05, 0) is 74.6 Å². The first-order valence-corrected chi connectivity index (χ1v) is 14.7. The van der Waals surface area contributed by atoms with E-state index in [1.807, 2.05) is 50.2 Å². The molecule has 0 bridgehead atoms. The highest BCUT2D eigenvalue weighted by molar-refractivity contribution is 14.1. The number of hydrogen-bond acceptors (Lipinski definition) is 8. The van der Waals surface area contributed by atoms with Gasteiger partial charge in [-0.15, -0.1) is 0 Å². The van der Waals surface area contributed by atoms with Crippen LogP contribution in [0, 0.1) is 3.57 Å². The van der Waals surface area contributed by atoms with Gasteiger partial charge in [0, 0.05) is 14.7 Å². The summed E-state index contributed by atoms with van der Waals surface area (Å²) in [7, 11) is 1.57. The van der Waals surface area contributed by atoms with Crippen molar-refractivity contribution in [3.05, 3.63) is 94.7 Å². The van der Waals surface area contributed by atoms with E-state index in [0.717, 1.165) is 3.57 Å². The summed E-state index contributed by atoms with van der Waals surface area (Å²) < 4.78 is 25.9. The minimum Gasteiger partial charge on any atom is -0.493 e. The van der Waals surface area contributed by atoms with E-state index >= 15 is 0 Å². The Hall–Kier alpha value is -3.38. The number of aromatic nitrogens is 1. The van der Waals surface area contributed by atoms with E-state index in [-0.39, 0.29) is 24.9 Å². The van der Waals surface area contributed by atoms with E-state index in [1.54, 1.807) is 37.7 Å². The maximum atomic E-state index is 14.1. The molecule has 10 heteroatoms. The van der Waals surface area contributed by atoms with Gasteiger partial charge in [0.25, 0.3) is 5.56 Å². The molecule has 210 valence electrons. The number of fused-ring (bicyclic) bond motifs is 1. The van der Waals surface area contributed by atoms with Crippen molar-refractivity contribution in [3.63, 3.8) is 0 Å². The van der Waals surface area contributed by atoms with E-state index < -0.39 is 12.0 Å². The predicted molar refractivity (Wildman–Crippen MR) is 164 cm³/mol. The molecule has 0 fully saturated rings. The highest BCUT2D eigenvalue weighted by atomic mass is 127. The number of hydrogen-bond donors (Lipinski definition) is 0. The van der Waals surface area contributed by atoms with Gasteiger partial charge in [-0.1, -0.05) is 42.2 Å². The maximum Gasteiger partial charge on any atom is 0.338 e. The number of rotatable bonds is 10. The molecule has 0 N–H and O–H groups in total. The fourth-order valence-corrected chi connectivity index (χ4v) is 6.09. The molecule has 40 heavy (non-hydrogen) atoms. The number of benzene rings is 2. The number of carbonyl (C=O) groups is 1. The van der Waals surface area contributed by atoms with Gasteiger partial charge in [-0.2, -0.15) is 0 Å². The van der Waals surface area contributed by atoms with Gasteiger partial charge in [0.2, 0.25) is 0 Å². The van der Waals surface area contributed by atoms with Gasteiger partial charge >= 0.3 is 5.97 Å². The summed E-state index contributed by atoms with van der Waals surface area (Å²) >= 11 is 3.43. The first-order chi connectivity index (χ1) is 19.2. The number of carbonyl (C=O) groups excluding carboxylic acids is 1. The summed E-state index contributed by atoms with van der Waals surface area (Å²) in [6, 6.07) is 10.4. The minimum absolute atomic E-state index is 0.113. The first-order valence-electron chi connectivity index (χ1n) is 12.8. The van der Waals surface area contributed by atoms with Gasteiger partial charge in [0.1, 0.15) is 18.4 Å². The van der Waals surface area contributed by atoms with Crippen LogP contribution in [0.2, 0.25) is 0 Å². The van der Waals surface area contributed by atoms with Crippen LogP contribution in [0.25, 0.3) is 6.08 Å². The molecule has 0 saturated heterocycles. The second-order valence-electron chi connectivity index (χ2n) is 9.13. The highest BCUT2D eigenvalue weighted by Gasteiger charge is 2.35. The van der Waals surface area contributed by atoms with Crippen molar-refractivity contribution in [2.45, 2.75) is 39.8 Å². The van der Waals surface area contributed by atoms with Crippen molar-refractivity contribution in [3.8, 4) is 17.2 Å². The lowest BCUT2D eigenvalue weighted by atomic mass is 9.95. The smallest absolute Gasteiger partial charge is 0.338 e. The Balaban J connectivity index is 2.00. The van der Waals surface area contributed by atoms with Gasteiger partial charge in [-0.3, -0.25) is 9.36 Å². The van der Waals surface area contributed by atoms with Crippen molar-refractivity contribution in [1.82, 2.24) is 4.57 Å². The molecule has 0 radical (unpaired) electrons. The maximum absolute atomic E-state index is 14.1. The van der Waals surface area contributed by atoms with Crippen LogP contribution in [0.3, 0.4) is 0 Å². The number of ether oxygens (including phenoxy) is 4. The Morgan fingerprint density at radius 1 is 1.25 bits per heavy atom. The second-order valence-corrected chi connectivity index (χ2v) is 11.4. The van der Waals surface area contributed by atoms with Crippen LogP contribution in [0.4, 0.5) is 0 Å². The van der Waals surface area contributed by atoms with Crippen LogP contribution in [-0.2, 0) is 9.53 Å². The first kappa shape index (κ1) is 29.6. The number of para-hydroxylation sites is 1. The molecule has 2 aromatic carbocycles. The average Bonchev–Trinajstić information content (AvgIpc) is 3.21. The number of allylic oxidation sites excluding steroid dienone is 1. The van der Waals surface area contributed by atoms with E-state index in [2.05, 4.69) is 34.2 Å². The predicted octanol–water partition coefficient (Wildman–Crippen LogP) is 4.76. The zero-order chi connectivity index (χ0) is 29.0. The van der Waals surface area contributed by atoms with Crippen molar-refractivity contribution in [2.24, 2.45) is 4.99 Å². The van der Waals surface area contributed by atoms with Gasteiger partial charge < -0.3 is 18.9 Å². The van der Waals surface area contributed by atoms with Gasteiger partial charge in [0.15, 0.2) is 16.3 Å². The highest BCUT2D eigenvalue weighted by Crippen LogP contribution is 2.37. The third kappa shape index (κ3) is 6.02. The standard InChI is InChI=1S/C30H31IN2O6S/c1-7-13-38-27-19(14-20(31)16-23(27)36-6)15-24-28(34)33-26(21-11-9-10-12-22(21)39-17(3)4)25(29(35)37-8-2)18(5)32-30(33)40-24/h7,9-12,14-17,26H,1,8,13H2,2-6H3/b24-15-/t26-/m0/s1. The van der Waals surface area contributed by atoms with Crippen LogP contribution in [0.15, 0.2) is 70.1 Å². The lowest BCUT2D eigenvalue weighted by Gasteiger charge is -2.26. The summed E-state index contributed by atoms with van der Waals surface area (Å²) in [5.74, 6) is 1.11. The Morgan fingerprint density at radius 2 is 2.00 bits per heavy atom. The molecule has 0 amide bonds. The SMILES string of the molecule is C=CCOc1c(/C=c2\sc3n(c2=O)[C@@H](c2ccccc2OC(C)C)C(C(=O)OCC)=C(C)N=3)cc(I)cc1OC. The Bertz CT molecular complexity index is 1650. The van der Waals surface area contributed by atoms with Crippen molar-refractivity contribution in [1.29, 1.82) is 0 Å². The quantitative estimate of drug-likeness (QED) is 0.175. The molecule has 0 aliphatic carbocycles. The molecule has 1 atom stereocenters. The van der Waals surface area contributed by atoms with Crippen molar-refractivity contribution < 1.29 is 23.7 Å². The molecular weight excluding hydrogens is 643 g/mol. The average molecular weight is 675 g/mol. The number of nitrogens with zero attached hydrogens (tertiary/aromatic N) is 2. The number of methoxy groups -OCH3 is 1. The van der Waals surface area contributed by atoms with E-state index in [1.165, 1.54) is 11.3 Å². The van der Waals surface area contributed by atoms with Crippen LogP contribution < -0.4 is 29.1 Å². The zero-order valence-corrected chi connectivity index (χ0v) is 26.0. The third-order valence-corrected chi connectivity index (χ3v) is 7.60. The molecule has 1 aromatic heterocycles. The molecule has 0 saturated carbocycles. The van der Waals surface area contributed by atoms with Crippen molar-refractivity contribution in [2.75, 3.05) is 20.3 Å². The van der Waals surface area contributed by atoms with Gasteiger partial charge in [0.05, 0.1) is 35.6 Å². The Labute approximate surface area is 250 Å². The van der Waals surface area contributed by atoms with Crippen LogP contribution in [0.1, 0.15) is 44.9 Å². The molecular formula is C30H31IN2O6S. The molecule has 2 heterocycles. The third-order valence-electron chi connectivity index (χ3n) is 5.99. The normalized spacial score (nSPS) is 15.0. The zero-order valence-electron chi connectivity index (χ0n) is 23.0. The summed E-state index contributed by atoms with van der Waals surface area (Å²) in [5, 5.41) is 0. The van der Waals surface area contributed by atoms with Crippen molar-refractivity contribution >= 4 is 46.0 Å². The summed E-state index contributed by atoms with van der Waals surface area (Å²) in [6.45, 7) is 11.6. The second kappa shape index (κ2) is 12.9. The fraction of sp³-hybridized carbons (Fsp3) is 0.300. The Morgan fingerprint density at radius 3 is 2.67 bits per heavy atom. The lowest BCUT2D eigenvalue weighted by molar-refractivity contribution is -0.139. The number of thiazole rings is 1. The molecule has 3 aromatic rings. The van der Waals surface area contributed by atoms with E-state index in [4.69, 9.17) is 18.9 Å². The molecule has 1 aliphatic heterocycles. The lowest BCUT2D eigenvalue weighted by Crippen LogP contribution is -2.40. The topological polar surface area (TPSA) is 88.4 Å². The largest absolute Gasteiger partial charge is 0.493 e. The van der Waals surface area contributed by atoms with E-state index in [0.29, 0.717) is 49.0 Å². The number of halogens is 1. The molecule has 8 nitrogen and oxygen atoms in total. The van der Waals surface area contributed by atoms with Crippen LogP contribution >= 0.6 is 33.9 Å². The summed E-state index contributed by atoms with van der Waals surface area (Å²) in [5.41, 5.74) is 1.84.